The lowest BCUT2D eigenvalue weighted by molar-refractivity contribution is -0.144. The molecule has 182 valence electrons. The molecule has 1 aliphatic heterocycles. The number of halogens is 1. The van der Waals surface area contributed by atoms with Gasteiger partial charge < -0.3 is 4.74 Å². The quantitative estimate of drug-likeness (QED) is 0.184. The molecule has 0 aliphatic carbocycles. The highest BCUT2D eigenvalue weighted by Crippen LogP contribution is 2.46. The van der Waals surface area contributed by atoms with Gasteiger partial charge in [0.05, 0.1) is 29.6 Å². The molecule has 0 saturated carbocycles. The molecule has 2 aromatic carbocycles. The summed E-state index contributed by atoms with van der Waals surface area (Å²) >= 11 is 3.52. The Morgan fingerprint density at radius 2 is 1.89 bits per heavy atom. The van der Waals surface area contributed by atoms with Gasteiger partial charge in [0.1, 0.15) is 6.54 Å². The van der Waals surface area contributed by atoms with E-state index in [2.05, 4.69) is 32.2 Å². The van der Waals surface area contributed by atoms with Crippen LogP contribution in [0.5, 0.6) is 0 Å². The van der Waals surface area contributed by atoms with Crippen LogP contribution in [0.15, 0.2) is 70.8 Å². The Balaban J connectivity index is 1.87. The van der Waals surface area contributed by atoms with Crippen molar-refractivity contribution in [3.8, 4) is 12.3 Å². The lowest BCUT2D eigenvalue weighted by atomic mass is 9.74. The Kier molecular flexibility index (Phi) is 7.46. The van der Waals surface area contributed by atoms with Gasteiger partial charge in [-0.2, -0.15) is 0 Å². The number of hydrogen-bond donors (Lipinski definition) is 0. The second kappa shape index (κ2) is 10.7. The summed E-state index contributed by atoms with van der Waals surface area (Å²) in [5, 5.41) is 7.92. The Morgan fingerprint density at radius 1 is 1.17 bits per heavy atom. The van der Waals surface area contributed by atoms with Crippen molar-refractivity contribution in [1.29, 1.82) is 0 Å². The zero-order chi connectivity index (χ0) is 25.7. The molecule has 4 rings (SSSR count). The van der Waals surface area contributed by atoms with Gasteiger partial charge in [-0.15, -0.1) is 17.4 Å². The van der Waals surface area contributed by atoms with Gasteiger partial charge >= 0.3 is 5.97 Å². The van der Waals surface area contributed by atoms with Crippen LogP contribution < -0.4 is 4.90 Å². The van der Waals surface area contributed by atoms with Crippen LogP contribution >= 0.6 is 15.9 Å². The highest BCUT2D eigenvalue weighted by molar-refractivity contribution is 9.10. The van der Waals surface area contributed by atoms with Crippen LogP contribution in [0.1, 0.15) is 24.6 Å². The highest BCUT2D eigenvalue weighted by atomic mass is 79.9. The fourth-order valence-electron chi connectivity index (χ4n) is 4.27. The summed E-state index contributed by atoms with van der Waals surface area (Å²) in [6, 6.07) is 16.1. The third-order valence-electron chi connectivity index (χ3n) is 5.95. The number of ether oxygens (including phenoxy) is 1. The topological polar surface area (TPSA) is 94.4 Å². The third kappa shape index (κ3) is 4.72. The van der Waals surface area contributed by atoms with E-state index in [9.17, 15) is 14.4 Å². The first-order valence-electron chi connectivity index (χ1n) is 11.3. The van der Waals surface area contributed by atoms with Gasteiger partial charge in [0.25, 0.3) is 5.91 Å². The van der Waals surface area contributed by atoms with E-state index in [-0.39, 0.29) is 31.6 Å². The van der Waals surface area contributed by atoms with E-state index in [0.29, 0.717) is 11.4 Å². The van der Waals surface area contributed by atoms with Gasteiger partial charge in [-0.25, -0.2) is 9.58 Å². The number of hydrogen-bond acceptors (Lipinski definition) is 6. The van der Waals surface area contributed by atoms with Gasteiger partial charge in [0, 0.05) is 22.9 Å². The normalized spacial score (nSPS) is 18.5. The van der Waals surface area contributed by atoms with E-state index in [4.69, 9.17) is 11.2 Å². The Bertz CT molecular complexity index is 1380. The highest BCUT2D eigenvalue weighted by Gasteiger charge is 2.56. The van der Waals surface area contributed by atoms with Crippen molar-refractivity contribution in [3.05, 3.63) is 82.1 Å². The molecule has 36 heavy (non-hydrogen) atoms. The summed E-state index contributed by atoms with van der Waals surface area (Å²) in [5.41, 5.74) is 0.508. The van der Waals surface area contributed by atoms with Crippen LogP contribution in [-0.2, 0) is 32.1 Å². The lowest BCUT2D eigenvalue weighted by Crippen LogP contribution is -2.38. The molecular formula is C27H23BrN4O4. The first-order valence-corrected chi connectivity index (χ1v) is 12.1. The number of benzene rings is 2. The molecule has 8 nitrogen and oxygen atoms in total. The minimum absolute atomic E-state index is 0.0216. The minimum atomic E-state index is -1.40. The average Bonchev–Trinajstić information content (AvgIpc) is 3.37. The van der Waals surface area contributed by atoms with Crippen LogP contribution in [0.4, 0.5) is 5.69 Å². The maximum Gasteiger partial charge on any atom is 0.327 e. The number of amides is 2. The molecule has 2 heterocycles. The molecule has 0 unspecified atom stereocenters. The summed E-state index contributed by atoms with van der Waals surface area (Å²) in [6.45, 7) is 1.76. The number of nitrogens with zero attached hydrogens (tertiary/aromatic N) is 4. The summed E-state index contributed by atoms with van der Waals surface area (Å²) in [7, 11) is 0. The monoisotopic (exact) mass is 546 g/mol. The fourth-order valence-corrected chi connectivity index (χ4v) is 4.67. The second-order valence-electron chi connectivity index (χ2n) is 8.19. The molecule has 3 aromatic rings. The number of aromatic nitrogens is 3. The van der Waals surface area contributed by atoms with Crippen LogP contribution in [0.3, 0.4) is 0 Å². The first-order chi connectivity index (χ1) is 17.4. The summed E-state index contributed by atoms with van der Waals surface area (Å²) in [5.74, 6) is 1.21. The summed E-state index contributed by atoms with van der Waals surface area (Å²) < 4.78 is 7.17. The number of carbonyl (C=O) groups is 3. The van der Waals surface area contributed by atoms with E-state index < -0.39 is 23.2 Å². The maximum absolute atomic E-state index is 14.1. The maximum atomic E-state index is 14.1. The molecule has 0 radical (unpaired) electrons. The van der Waals surface area contributed by atoms with E-state index in [0.717, 1.165) is 10.0 Å². The van der Waals surface area contributed by atoms with E-state index in [1.54, 1.807) is 43.3 Å². The van der Waals surface area contributed by atoms with Gasteiger partial charge in [-0.3, -0.25) is 14.4 Å². The Morgan fingerprint density at radius 3 is 2.58 bits per heavy atom. The van der Waals surface area contributed by atoms with Crippen LogP contribution in [-0.4, -0.2) is 39.4 Å². The van der Waals surface area contributed by atoms with E-state index in [1.165, 1.54) is 15.8 Å². The van der Waals surface area contributed by atoms with Crippen molar-refractivity contribution in [2.45, 2.75) is 26.3 Å². The summed E-state index contributed by atoms with van der Waals surface area (Å²) in [4.78, 5) is 41.2. The number of imide groups is 1. The molecule has 1 fully saturated rings. The Labute approximate surface area is 217 Å². The molecule has 1 aliphatic rings. The number of terminal acetylenes is 1. The molecule has 0 bridgehead atoms. The molecule has 9 heteroatoms. The molecule has 1 saturated heterocycles. The van der Waals surface area contributed by atoms with Gasteiger partial charge in [-0.1, -0.05) is 57.5 Å². The predicted molar refractivity (Wildman–Crippen MR) is 137 cm³/mol. The Hall–Kier alpha value is -4.03. The standard InChI is InChI=1S/C27H23BrN4O4/c1-3-14-27(16-21-17-29-30-31(21)18-24(33)36-4-2)22(15-19-10-8-9-13-23(19)28)25(34)32(26(27)35)20-11-6-5-7-12-20/h1,5-13,15,17H,4,14,16,18H2,2H3/b22-15-/t27-/m1/s1. The molecule has 1 aromatic heterocycles. The smallest absolute Gasteiger partial charge is 0.327 e. The van der Waals surface area contributed by atoms with Gasteiger partial charge in [0.2, 0.25) is 5.91 Å². The molecule has 0 spiro atoms. The van der Waals surface area contributed by atoms with Crippen molar-refractivity contribution >= 4 is 45.5 Å². The van der Waals surface area contributed by atoms with Crippen molar-refractivity contribution in [3.63, 3.8) is 0 Å². The van der Waals surface area contributed by atoms with Crippen molar-refractivity contribution in [2.24, 2.45) is 5.41 Å². The lowest BCUT2D eigenvalue weighted by Gasteiger charge is -2.26. The van der Waals surface area contributed by atoms with E-state index >= 15 is 0 Å². The molecular weight excluding hydrogens is 524 g/mol. The first kappa shape index (κ1) is 25.1. The largest absolute Gasteiger partial charge is 0.465 e. The molecule has 2 amide bonds. The predicted octanol–water partition coefficient (Wildman–Crippen LogP) is 3.81. The van der Waals surface area contributed by atoms with Crippen molar-refractivity contribution in [1.82, 2.24) is 15.0 Å². The van der Waals surface area contributed by atoms with Gasteiger partial charge in [0.15, 0.2) is 0 Å². The van der Waals surface area contributed by atoms with Crippen molar-refractivity contribution < 1.29 is 19.1 Å². The average molecular weight is 547 g/mol. The van der Waals surface area contributed by atoms with Gasteiger partial charge in [-0.05, 0) is 36.8 Å². The van der Waals surface area contributed by atoms with Crippen LogP contribution in [0, 0.1) is 17.8 Å². The zero-order valence-corrected chi connectivity index (χ0v) is 21.1. The number of anilines is 1. The van der Waals surface area contributed by atoms with Crippen molar-refractivity contribution in [2.75, 3.05) is 11.5 Å². The second-order valence-corrected chi connectivity index (χ2v) is 9.04. The molecule has 0 N–H and O–H groups in total. The SMILES string of the molecule is C#CC[C@]1(Cc2cnnn2CC(=O)OCC)C(=O)N(c2ccccc2)C(=O)/C1=C/c1ccccc1Br. The molecule has 1 atom stereocenters. The number of rotatable bonds is 8. The van der Waals surface area contributed by atoms with E-state index in [1.807, 2.05) is 24.3 Å². The third-order valence-corrected chi connectivity index (χ3v) is 6.67. The summed E-state index contributed by atoms with van der Waals surface area (Å²) in [6.07, 6.45) is 8.93. The number of carbonyl (C=O) groups excluding carboxylic acids is 3. The fraction of sp³-hybridized carbons (Fsp3) is 0.222. The minimum Gasteiger partial charge on any atom is -0.465 e. The number of esters is 1. The zero-order valence-electron chi connectivity index (χ0n) is 19.6. The van der Waals surface area contributed by atoms with Crippen LogP contribution in [0.25, 0.3) is 6.08 Å². The number of para-hydroxylation sites is 1. The van der Waals surface area contributed by atoms with Crippen LogP contribution in [0.2, 0.25) is 0 Å².